The Bertz CT molecular complexity index is 491. The lowest BCUT2D eigenvalue weighted by molar-refractivity contribution is -0.254. The lowest BCUT2D eigenvalue weighted by Gasteiger charge is -2.04. The average Bonchev–Trinajstić information content (AvgIpc) is 2.61. The summed E-state index contributed by atoms with van der Waals surface area (Å²) in [5, 5.41) is 14.5. The van der Waals surface area contributed by atoms with Crippen LogP contribution in [-0.2, 0) is 0 Å². The molecule has 0 amide bonds. The minimum absolute atomic E-state index is 0.0706. The minimum atomic E-state index is -1.32. The molecular formula is C10H8N3O2-. The summed E-state index contributed by atoms with van der Waals surface area (Å²) < 4.78 is 1.35. The normalized spacial score (nSPS) is 10.1. The fourth-order valence-electron chi connectivity index (χ4n) is 1.29. The van der Waals surface area contributed by atoms with Gasteiger partial charge in [-0.15, -0.1) is 0 Å². The van der Waals surface area contributed by atoms with Crippen LogP contribution in [0.1, 0.15) is 10.4 Å². The van der Waals surface area contributed by atoms with E-state index in [2.05, 4.69) is 5.10 Å². The van der Waals surface area contributed by atoms with Crippen molar-refractivity contribution in [3.05, 3.63) is 42.1 Å². The largest absolute Gasteiger partial charge is 0.545 e. The first kappa shape index (κ1) is 9.26. The van der Waals surface area contributed by atoms with Gasteiger partial charge in [0.15, 0.2) is 0 Å². The highest BCUT2D eigenvalue weighted by Gasteiger charge is 2.08. The number of aromatic carboxylic acids is 1. The van der Waals surface area contributed by atoms with E-state index < -0.39 is 5.97 Å². The van der Waals surface area contributed by atoms with Crippen molar-refractivity contribution < 1.29 is 9.90 Å². The summed E-state index contributed by atoms with van der Waals surface area (Å²) in [7, 11) is 0. The van der Waals surface area contributed by atoms with Crippen molar-refractivity contribution in [2.24, 2.45) is 0 Å². The summed E-state index contributed by atoms with van der Waals surface area (Å²) in [6.45, 7) is 0. The standard InChI is InChI=1S/C10H9N3O2/c11-9-8(10(14)15)6-12-13(9)7-4-2-1-3-5-7/h1-6H,11H2,(H,14,15)/p-1. The van der Waals surface area contributed by atoms with Crippen molar-refractivity contribution in [1.82, 2.24) is 9.78 Å². The molecule has 0 saturated carbocycles. The fourth-order valence-corrected chi connectivity index (χ4v) is 1.29. The van der Waals surface area contributed by atoms with Gasteiger partial charge in [0.25, 0.3) is 0 Å². The number of nitrogens with zero attached hydrogens (tertiary/aromatic N) is 2. The number of nitrogens with two attached hydrogens (primary N) is 1. The quantitative estimate of drug-likeness (QED) is 0.732. The van der Waals surface area contributed by atoms with Gasteiger partial charge < -0.3 is 15.6 Å². The summed E-state index contributed by atoms with van der Waals surface area (Å²) in [4.78, 5) is 10.6. The maximum atomic E-state index is 10.6. The zero-order valence-corrected chi connectivity index (χ0v) is 7.75. The van der Waals surface area contributed by atoms with Crippen molar-refractivity contribution in [2.75, 3.05) is 5.73 Å². The van der Waals surface area contributed by atoms with E-state index in [1.165, 1.54) is 10.9 Å². The van der Waals surface area contributed by atoms with Gasteiger partial charge in [0, 0.05) is 0 Å². The second-order valence-corrected chi connectivity index (χ2v) is 2.98. The van der Waals surface area contributed by atoms with Gasteiger partial charge in [0.1, 0.15) is 5.82 Å². The molecule has 0 aliphatic rings. The monoisotopic (exact) mass is 202 g/mol. The van der Waals surface area contributed by atoms with Crippen LogP contribution in [0.25, 0.3) is 5.69 Å². The number of benzene rings is 1. The van der Waals surface area contributed by atoms with E-state index in [9.17, 15) is 9.90 Å². The van der Waals surface area contributed by atoms with Crippen molar-refractivity contribution in [3.63, 3.8) is 0 Å². The number of nitrogen functional groups attached to an aromatic ring is 1. The molecule has 2 aromatic rings. The Kier molecular flexibility index (Phi) is 2.13. The van der Waals surface area contributed by atoms with Crippen molar-refractivity contribution in [1.29, 1.82) is 0 Å². The first-order valence-corrected chi connectivity index (χ1v) is 4.30. The number of anilines is 1. The summed E-state index contributed by atoms with van der Waals surface area (Å²) in [6, 6.07) is 9.04. The predicted molar refractivity (Wildman–Crippen MR) is 52.3 cm³/mol. The number of hydrogen-bond donors (Lipinski definition) is 1. The molecule has 5 nitrogen and oxygen atoms in total. The van der Waals surface area contributed by atoms with Crippen LogP contribution in [0.2, 0.25) is 0 Å². The molecule has 15 heavy (non-hydrogen) atoms. The number of carboxylic acid groups (broad SMARTS) is 1. The van der Waals surface area contributed by atoms with Crippen LogP contribution in [0.15, 0.2) is 36.5 Å². The molecule has 0 saturated heterocycles. The van der Waals surface area contributed by atoms with Crippen LogP contribution in [0.3, 0.4) is 0 Å². The number of carbonyl (C=O) groups excluding carboxylic acids is 1. The van der Waals surface area contributed by atoms with E-state index in [4.69, 9.17) is 5.73 Å². The molecule has 0 atom stereocenters. The molecule has 76 valence electrons. The van der Waals surface area contributed by atoms with Crippen molar-refractivity contribution in [3.8, 4) is 5.69 Å². The lowest BCUT2D eigenvalue weighted by Crippen LogP contribution is -2.23. The van der Waals surface area contributed by atoms with Gasteiger partial charge in [0.2, 0.25) is 0 Å². The summed E-state index contributed by atoms with van der Waals surface area (Å²) in [6.07, 6.45) is 1.18. The molecule has 0 unspecified atom stereocenters. The Balaban J connectivity index is 2.52. The molecule has 0 bridgehead atoms. The molecule has 0 aliphatic carbocycles. The Morgan fingerprint density at radius 1 is 1.33 bits per heavy atom. The Labute approximate surface area is 85.8 Å². The van der Waals surface area contributed by atoms with Gasteiger partial charge in [-0.2, -0.15) is 5.10 Å². The molecule has 2 N–H and O–H groups in total. The van der Waals surface area contributed by atoms with Gasteiger partial charge in [-0.25, -0.2) is 4.68 Å². The molecule has 2 rings (SSSR count). The van der Waals surface area contributed by atoms with Crippen molar-refractivity contribution in [2.45, 2.75) is 0 Å². The predicted octanol–water partition coefficient (Wildman–Crippen LogP) is -0.182. The average molecular weight is 202 g/mol. The SMILES string of the molecule is Nc1c(C(=O)[O-])cnn1-c1ccccc1. The molecule has 0 spiro atoms. The molecule has 0 radical (unpaired) electrons. The molecule has 1 aromatic heterocycles. The van der Waals surface area contributed by atoms with Crippen LogP contribution in [0.5, 0.6) is 0 Å². The molecular weight excluding hydrogens is 194 g/mol. The molecule has 5 heteroatoms. The van der Waals surface area contributed by atoms with Gasteiger partial charge in [0.05, 0.1) is 23.4 Å². The lowest BCUT2D eigenvalue weighted by atomic mass is 10.3. The maximum absolute atomic E-state index is 10.6. The third-order valence-corrected chi connectivity index (χ3v) is 2.03. The summed E-state index contributed by atoms with van der Waals surface area (Å²) >= 11 is 0. The van der Waals surface area contributed by atoms with E-state index in [0.29, 0.717) is 5.69 Å². The Morgan fingerprint density at radius 2 is 2.00 bits per heavy atom. The van der Waals surface area contributed by atoms with Gasteiger partial charge >= 0.3 is 0 Å². The van der Waals surface area contributed by atoms with E-state index in [1.807, 2.05) is 18.2 Å². The number of hydrogen-bond acceptors (Lipinski definition) is 4. The van der Waals surface area contributed by atoms with E-state index in [0.717, 1.165) is 0 Å². The second-order valence-electron chi connectivity index (χ2n) is 2.98. The van der Waals surface area contributed by atoms with Crippen LogP contribution in [-0.4, -0.2) is 15.7 Å². The number of carboxylic acids is 1. The third kappa shape index (κ3) is 1.54. The molecule has 1 aromatic carbocycles. The minimum Gasteiger partial charge on any atom is -0.545 e. The smallest absolute Gasteiger partial charge is 0.136 e. The molecule has 1 heterocycles. The number of para-hydroxylation sites is 1. The number of rotatable bonds is 2. The number of aromatic nitrogens is 2. The topological polar surface area (TPSA) is 84.0 Å². The van der Waals surface area contributed by atoms with Crippen LogP contribution < -0.4 is 10.8 Å². The van der Waals surface area contributed by atoms with Crippen LogP contribution >= 0.6 is 0 Å². The summed E-state index contributed by atoms with van der Waals surface area (Å²) in [5.74, 6) is -1.25. The summed E-state index contributed by atoms with van der Waals surface area (Å²) in [5.41, 5.74) is 6.23. The fraction of sp³-hybridized carbons (Fsp3) is 0. The highest BCUT2D eigenvalue weighted by atomic mass is 16.4. The maximum Gasteiger partial charge on any atom is 0.136 e. The highest BCUT2D eigenvalue weighted by Crippen LogP contribution is 2.15. The number of carbonyl (C=O) groups is 1. The second kappa shape index (κ2) is 3.45. The first-order chi connectivity index (χ1) is 7.20. The van der Waals surface area contributed by atoms with Crippen LogP contribution in [0, 0.1) is 0 Å². The Morgan fingerprint density at radius 3 is 2.53 bits per heavy atom. The van der Waals surface area contributed by atoms with E-state index in [-0.39, 0.29) is 11.4 Å². The van der Waals surface area contributed by atoms with Gasteiger partial charge in [-0.1, -0.05) is 18.2 Å². The molecule has 0 fully saturated rings. The molecule has 0 aliphatic heterocycles. The zero-order valence-electron chi connectivity index (χ0n) is 7.75. The van der Waals surface area contributed by atoms with Gasteiger partial charge in [-0.05, 0) is 12.1 Å². The third-order valence-electron chi connectivity index (χ3n) is 2.03. The van der Waals surface area contributed by atoms with Gasteiger partial charge in [-0.3, -0.25) is 0 Å². The van der Waals surface area contributed by atoms with Crippen LogP contribution in [0.4, 0.5) is 5.82 Å². The Hall–Kier alpha value is -2.30. The van der Waals surface area contributed by atoms with Crippen molar-refractivity contribution >= 4 is 11.8 Å². The van der Waals surface area contributed by atoms with E-state index >= 15 is 0 Å². The first-order valence-electron chi connectivity index (χ1n) is 4.30. The zero-order chi connectivity index (χ0) is 10.8. The highest BCUT2D eigenvalue weighted by molar-refractivity contribution is 5.91. The van der Waals surface area contributed by atoms with E-state index in [1.54, 1.807) is 12.1 Å².